The second-order valence-corrected chi connectivity index (χ2v) is 13.9. The van der Waals surface area contributed by atoms with Crippen molar-refractivity contribution in [1.29, 1.82) is 0 Å². The number of ether oxygens (including phenoxy) is 1. The Morgan fingerprint density at radius 2 is 1.45 bits per heavy atom. The largest absolute Gasteiger partial charge is 0.437 e. The summed E-state index contributed by atoms with van der Waals surface area (Å²) in [6.07, 6.45) is 5.55. The van der Waals surface area contributed by atoms with Gasteiger partial charge in [-0.25, -0.2) is 4.99 Å². The maximum atomic E-state index is 6.24. The molecule has 2 aliphatic rings. The van der Waals surface area contributed by atoms with Crippen molar-refractivity contribution in [2.75, 3.05) is 24.7 Å². The second-order valence-electron chi connectivity index (χ2n) is 13.9. The van der Waals surface area contributed by atoms with Crippen molar-refractivity contribution >= 4 is 11.6 Å². The molecule has 0 fully saturated rings. The fourth-order valence-electron chi connectivity index (χ4n) is 5.32. The van der Waals surface area contributed by atoms with Crippen LogP contribution in [-0.4, -0.2) is 36.7 Å². The van der Waals surface area contributed by atoms with Crippen molar-refractivity contribution in [2.24, 2.45) is 0 Å². The van der Waals surface area contributed by atoms with Crippen LogP contribution >= 0.6 is 0 Å². The zero-order valence-corrected chi connectivity index (χ0v) is 25.5. The average Bonchev–Trinajstić information content (AvgIpc) is 3.50. The van der Waals surface area contributed by atoms with E-state index in [4.69, 9.17) is 4.74 Å². The molecule has 206 valence electrons. The molecule has 4 nitrogen and oxygen atoms in total. The zero-order valence-electron chi connectivity index (χ0n) is 25.5. The first-order chi connectivity index (χ1) is 17.7. The van der Waals surface area contributed by atoms with Gasteiger partial charge in [0.1, 0.15) is 0 Å². The highest BCUT2D eigenvalue weighted by Gasteiger charge is 2.31. The molecule has 0 unspecified atom stereocenters. The van der Waals surface area contributed by atoms with Crippen LogP contribution in [0.2, 0.25) is 0 Å². The molecule has 4 rings (SSSR count). The molecule has 38 heavy (non-hydrogen) atoms. The standard InChI is InChI=1S/C34H49N3O/c1-23(2)29-12-11-13-30(24(3)4)31(29)37-17-16-36(22-37)15-14-28-21-38-32(35-28)25-18-26(33(5,6)7)20-27(19-25)34(8,9)10/h11-13,16-20,23-24,28H,14-15,21-22H2,1-10H3/p+1/t28-/m0/s1. The molecule has 2 aromatic rings. The van der Waals surface area contributed by atoms with Crippen LogP contribution in [0.5, 0.6) is 0 Å². The summed E-state index contributed by atoms with van der Waals surface area (Å²) >= 11 is 0. The fraction of sp³-hybridized carbons (Fsp3) is 0.559. The monoisotopic (exact) mass is 516 g/mol. The maximum absolute atomic E-state index is 6.24. The Balaban J connectivity index is 1.45. The summed E-state index contributed by atoms with van der Waals surface area (Å²) in [5, 5.41) is 0. The van der Waals surface area contributed by atoms with E-state index >= 15 is 0 Å². The molecule has 1 N–H and O–H groups in total. The van der Waals surface area contributed by atoms with Crippen molar-refractivity contribution in [3.05, 3.63) is 76.6 Å². The zero-order chi connectivity index (χ0) is 27.8. The SMILES string of the molecule is CC(C)c1cccc(C(C)C)c1N1C=CN(CC[C@H]2COC(c3cc(C(C)(C)C)cc(C(C)(C)C)c3)=[NH+]2)C1. The van der Waals surface area contributed by atoms with E-state index in [9.17, 15) is 0 Å². The number of hydrogen-bond acceptors (Lipinski definition) is 3. The van der Waals surface area contributed by atoms with Crippen LogP contribution in [0.4, 0.5) is 5.69 Å². The van der Waals surface area contributed by atoms with Crippen LogP contribution in [0.15, 0.2) is 48.8 Å². The van der Waals surface area contributed by atoms with Crippen molar-refractivity contribution in [3.63, 3.8) is 0 Å². The van der Waals surface area contributed by atoms with Gasteiger partial charge in [0.25, 0.3) is 0 Å². The van der Waals surface area contributed by atoms with E-state index < -0.39 is 0 Å². The van der Waals surface area contributed by atoms with Crippen LogP contribution in [0.1, 0.15) is 115 Å². The Kier molecular flexibility index (Phi) is 8.02. The van der Waals surface area contributed by atoms with E-state index in [1.54, 1.807) is 0 Å². The predicted octanol–water partition coefficient (Wildman–Crippen LogP) is 6.40. The van der Waals surface area contributed by atoms with Gasteiger partial charge in [0.15, 0.2) is 12.6 Å². The van der Waals surface area contributed by atoms with E-state index in [0.717, 1.165) is 32.1 Å². The number of nitrogens with zero attached hydrogens (tertiary/aromatic N) is 2. The highest BCUT2D eigenvalue weighted by molar-refractivity contribution is 5.90. The fourth-order valence-corrected chi connectivity index (χ4v) is 5.32. The van der Waals surface area contributed by atoms with E-state index in [-0.39, 0.29) is 10.8 Å². The van der Waals surface area contributed by atoms with Gasteiger partial charge in [-0.2, -0.15) is 0 Å². The molecule has 0 saturated heterocycles. The second kappa shape index (κ2) is 10.8. The smallest absolute Gasteiger partial charge is 0.368 e. The lowest BCUT2D eigenvalue weighted by atomic mass is 9.79. The first-order valence-corrected chi connectivity index (χ1v) is 14.5. The first kappa shape index (κ1) is 28.3. The minimum atomic E-state index is 0.0894. The highest BCUT2D eigenvalue weighted by Crippen LogP contribution is 2.37. The first-order valence-electron chi connectivity index (χ1n) is 14.5. The van der Waals surface area contributed by atoms with Gasteiger partial charge in [-0.15, -0.1) is 0 Å². The molecule has 0 saturated carbocycles. The van der Waals surface area contributed by atoms with Crippen molar-refractivity contribution in [2.45, 2.75) is 104 Å². The molecular weight excluding hydrogens is 466 g/mol. The van der Waals surface area contributed by atoms with E-state index in [0.29, 0.717) is 17.9 Å². The molecule has 2 heterocycles. The lowest BCUT2D eigenvalue weighted by molar-refractivity contribution is -0.490. The summed E-state index contributed by atoms with van der Waals surface area (Å²) in [5.74, 6) is 1.92. The molecule has 1 atom stereocenters. The van der Waals surface area contributed by atoms with Gasteiger partial charge in [0.05, 0.1) is 12.2 Å². The summed E-state index contributed by atoms with van der Waals surface area (Å²) in [4.78, 5) is 8.58. The van der Waals surface area contributed by atoms with Gasteiger partial charge >= 0.3 is 5.90 Å². The van der Waals surface area contributed by atoms with Crippen molar-refractivity contribution in [1.82, 2.24) is 4.90 Å². The topological polar surface area (TPSA) is 29.7 Å². The third-order valence-corrected chi connectivity index (χ3v) is 7.88. The van der Waals surface area contributed by atoms with Crippen LogP contribution in [0.3, 0.4) is 0 Å². The predicted molar refractivity (Wildman–Crippen MR) is 161 cm³/mol. The van der Waals surface area contributed by atoms with Gasteiger partial charge < -0.3 is 14.5 Å². The minimum absolute atomic E-state index is 0.0894. The lowest BCUT2D eigenvalue weighted by Gasteiger charge is -2.28. The summed E-state index contributed by atoms with van der Waals surface area (Å²) < 4.78 is 6.24. The summed E-state index contributed by atoms with van der Waals surface area (Å²) in [6.45, 7) is 25.5. The average molecular weight is 517 g/mol. The molecule has 4 heteroatoms. The van der Waals surface area contributed by atoms with Crippen molar-refractivity contribution < 1.29 is 9.73 Å². The molecule has 0 radical (unpaired) electrons. The quantitative estimate of drug-likeness (QED) is 0.462. The Morgan fingerprint density at radius 3 is 1.97 bits per heavy atom. The number of anilines is 1. The van der Waals surface area contributed by atoms with Gasteiger partial charge in [0, 0.05) is 31.1 Å². The molecule has 0 spiro atoms. The molecule has 0 amide bonds. The Hall–Kier alpha value is -2.75. The van der Waals surface area contributed by atoms with Crippen molar-refractivity contribution in [3.8, 4) is 0 Å². The minimum Gasteiger partial charge on any atom is -0.437 e. The molecule has 0 bridgehead atoms. The highest BCUT2D eigenvalue weighted by atomic mass is 16.5. The third-order valence-electron chi connectivity index (χ3n) is 7.88. The Labute approximate surface area is 231 Å². The Bertz CT molecular complexity index is 1130. The lowest BCUT2D eigenvalue weighted by Crippen LogP contribution is -2.77. The van der Waals surface area contributed by atoms with Crippen LogP contribution in [0.25, 0.3) is 0 Å². The molecule has 2 aliphatic heterocycles. The maximum Gasteiger partial charge on any atom is 0.368 e. The molecule has 0 aliphatic carbocycles. The normalized spacial score (nSPS) is 18.1. The van der Waals surface area contributed by atoms with E-state index in [2.05, 4.69) is 133 Å². The summed E-state index contributed by atoms with van der Waals surface area (Å²) in [7, 11) is 0. The number of rotatable bonds is 7. The number of nitrogens with one attached hydrogen (secondary N) is 1. The molecule has 2 aromatic carbocycles. The number of hydrogen-bond donors (Lipinski definition) is 1. The van der Waals surface area contributed by atoms with Gasteiger partial charge in [-0.05, 0) is 57.1 Å². The summed E-state index contributed by atoms with van der Waals surface area (Å²) in [5.41, 5.74) is 8.31. The van der Waals surface area contributed by atoms with Crippen LogP contribution in [-0.2, 0) is 15.6 Å². The molecular formula is C34H50N3O+. The van der Waals surface area contributed by atoms with Gasteiger partial charge in [-0.3, -0.25) is 0 Å². The van der Waals surface area contributed by atoms with E-state index in [1.807, 2.05) is 0 Å². The van der Waals surface area contributed by atoms with Crippen LogP contribution in [0, 0.1) is 0 Å². The summed E-state index contributed by atoms with van der Waals surface area (Å²) in [6, 6.07) is 14.1. The third kappa shape index (κ3) is 6.27. The number of benzene rings is 2. The molecule has 0 aromatic heterocycles. The van der Waals surface area contributed by atoms with E-state index in [1.165, 1.54) is 33.5 Å². The Morgan fingerprint density at radius 1 is 0.868 bits per heavy atom. The van der Waals surface area contributed by atoms with Gasteiger partial charge in [-0.1, -0.05) is 93.5 Å². The van der Waals surface area contributed by atoms with Gasteiger partial charge in [0.2, 0.25) is 0 Å². The number of para-hydroxylation sites is 1. The van der Waals surface area contributed by atoms with Crippen LogP contribution < -0.4 is 9.89 Å².